The van der Waals surface area contributed by atoms with Gasteiger partial charge in [-0.1, -0.05) is 18.5 Å². The van der Waals surface area contributed by atoms with E-state index in [-0.39, 0.29) is 6.04 Å². The molecule has 0 aliphatic carbocycles. The van der Waals surface area contributed by atoms with Crippen LogP contribution in [0.25, 0.3) is 0 Å². The molecule has 2 N–H and O–H groups in total. The fourth-order valence-corrected chi connectivity index (χ4v) is 2.67. The van der Waals surface area contributed by atoms with Gasteiger partial charge in [0.05, 0.1) is 12.2 Å². The van der Waals surface area contributed by atoms with E-state index in [0.717, 1.165) is 18.0 Å². The Bertz CT molecular complexity index is 572. The normalized spacial score (nSPS) is 12.2. The number of aryl methyl sites for hydroxylation is 1. The summed E-state index contributed by atoms with van der Waals surface area (Å²) in [5.41, 5.74) is 0. The van der Waals surface area contributed by atoms with Crippen LogP contribution in [-0.2, 0) is 6.42 Å². The van der Waals surface area contributed by atoms with Gasteiger partial charge in [-0.2, -0.15) is 4.98 Å². The van der Waals surface area contributed by atoms with Crippen molar-refractivity contribution >= 4 is 34.7 Å². The maximum Gasteiger partial charge on any atom is 0.224 e. The van der Waals surface area contributed by atoms with Gasteiger partial charge >= 0.3 is 0 Å². The molecule has 2 rings (SSSR count). The van der Waals surface area contributed by atoms with Crippen LogP contribution >= 0.6 is 22.9 Å². The van der Waals surface area contributed by atoms with Gasteiger partial charge in [-0.25, -0.2) is 9.97 Å². The first-order valence-electron chi connectivity index (χ1n) is 6.61. The molecule has 0 aromatic carbocycles. The van der Waals surface area contributed by atoms with E-state index in [1.54, 1.807) is 17.5 Å². The molecule has 108 valence electrons. The number of rotatable bonds is 6. The summed E-state index contributed by atoms with van der Waals surface area (Å²) in [7, 11) is 0. The Morgan fingerprint density at radius 3 is 2.75 bits per heavy atom. The summed E-state index contributed by atoms with van der Waals surface area (Å²) in [5, 5.41) is 7.89. The Labute approximate surface area is 127 Å². The van der Waals surface area contributed by atoms with E-state index in [2.05, 4.69) is 32.5 Å². The highest BCUT2D eigenvalue weighted by Gasteiger charge is 2.13. The smallest absolute Gasteiger partial charge is 0.224 e. The third-order valence-electron chi connectivity index (χ3n) is 2.72. The van der Waals surface area contributed by atoms with Crippen molar-refractivity contribution in [3.63, 3.8) is 0 Å². The Morgan fingerprint density at radius 1 is 1.30 bits per heavy atom. The molecule has 0 bridgehead atoms. The van der Waals surface area contributed by atoms with Gasteiger partial charge in [0.25, 0.3) is 0 Å². The highest BCUT2D eigenvalue weighted by Crippen LogP contribution is 2.27. The highest BCUT2D eigenvalue weighted by molar-refractivity contribution is 7.11. The van der Waals surface area contributed by atoms with Crippen LogP contribution in [0.2, 0.25) is 5.02 Å². The zero-order valence-corrected chi connectivity index (χ0v) is 13.3. The number of aromatic nitrogens is 3. The van der Waals surface area contributed by atoms with Crippen molar-refractivity contribution in [3.8, 4) is 0 Å². The lowest BCUT2D eigenvalue weighted by atomic mass is 10.3. The largest absolute Gasteiger partial charge is 0.360 e. The van der Waals surface area contributed by atoms with Crippen molar-refractivity contribution in [2.45, 2.75) is 33.2 Å². The van der Waals surface area contributed by atoms with Crippen molar-refractivity contribution in [1.29, 1.82) is 0 Å². The minimum absolute atomic E-state index is 0.0576. The molecule has 7 heteroatoms. The average molecular weight is 312 g/mol. The molecule has 0 fully saturated rings. The number of nitrogens with one attached hydrogen (secondary N) is 2. The van der Waals surface area contributed by atoms with Gasteiger partial charge in [0, 0.05) is 17.6 Å². The predicted molar refractivity (Wildman–Crippen MR) is 84.7 cm³/mol. The summed E-state index contributed by atoms with van der Waals surface area (Å²) in [6, 6.07) is 0.0576. The number of thiazole rings is 1. The first kappa shape index (κ1) is 15.0. The second-order valence-corrected chi connectivity index (χ2v) is 5.86. The van der Waals surface area contributed by atoms with Gasteiger partial charge in [0.15, 0.2) is 5.82 Å². The maximum absolute atomic E-state index is 6.13. The van der Waals surface area contributed by atoms with Gasteiger partial charge in [-0.05, 0) is 20.3 Å². The van der Waals surface area contributed by atoms with Crippen LogP contribution < -0.4 is 10.6 Å². The van der Waals surface area contributed by atoms with Gasteiger partial charge in [0.2, 0.25) is 5.95 Å². The van der Waals surface area contributed by atoms with Crippen molar-refractivity contribution in [1.82, 2.24) is 15.0 Å². The Morgan fingerprint density at radius 2 is 2.10 bits per heavy atom. The van der Waals surface area contributed by atoms with E-state index in [9.17, 15) is 0 Å². The molecule has 0 radical (unpaired) electrons. The third-order valence-corrected chi connectivity index (χ3v) is 4.32. The molecule has 0 saturated carbocycles. The number of nitrogens with zero attached hydrogens (tertiary/aromatic N) is 3. The molecule has 20 heavy (non-hydrogen) atoms. The highest BCUT2D eigenvalue weighted by atomic mass is 35.5. The van der Waals surface area contributed by atoms with E-state index in [4.69, 9.17) is 11.6 Å². The van der Waals surface area contributed by atoms with Gasteiger partial charge in [-0.3, -0.25) is 0 Å². The van der Waals surface area contributed by atoms with Crippen molar-refractivity contribution < 1.29 is 0 Å². The maximum atomic E-state index is 6.13. The lowest BCUT2D eigenvalue weighted by Gasteiger charge is -2.13. The lowest BCUT2D eigenvalue weighted by Crippen LogP contribution is -2.10. The minimum Gasteiger partial charge on any atom is -0.360 e. The van der Waals surface area contributed by atoms with E-state index in [1.165, 1.54) is 4.88 Å². The molecule has 0 saturated heterocycles. The molecular weight excluding hydrogens is 294 g/mol. The quantitative estimate of drug-likeness (QED) is 0.850. The topological polar surface area (TPSA) is 62.7 Å². The first-order chi connectivity index (χ1) is 9.63. The van der Waals surface area contributed by atoms with Crippen molar-refractivity contribution in [2.24, 2.45) is 0 Å². The van der Waals surface area contributed by atoms with Crippen LogP contribution in [-0.4, -0.2) is 21.5 Å². The molecule has 2 heterocycles. The number of anilines is 2. The number of hydrogen-bond acceptors (Lipinski definition) is 6. The Hall–Kier alpha value is -1.40. The van der Waals surface area contributed by atoms with E-state index in [1.807, 2.05) is 20.0 Å². The average Bonchev–Trinajstić information content (AvgIpc) is 2.92. The van der Waals surface area contributed by atoms with Crippen LogP contribution in [0.4, 0.5) is 11.8 Å². The summed E-state index contributed by atoms with van der Waals surface area (Å²) in [4.78, 5) is 14.2. The SMILES string of the molecule is CCNc1ncc(Cl)c(NC(C)c2ncc(CC)s2)n1. The molecular formula is C13H18ClN5S. The van der Waals surface area contributed by atoms with Crippen LogP contribution in [0.1, 0.15) is 36.7 Å². The summed E-state index contributed by atoms with van der Waals surface area (Å²) in [6.45, 7) is 6.93. The third kappa shape index (κ3) is 3.58. The zero-order valence-electron chi connectivity index (χ0n) is 11.8. The summed E-state index contributed by atoms with van der Waals surface area (Å²) < 4.78 is 0. The molecule has 0 aliphatic heterocycles. The molecule has 0 spiro atoms. The van der Waals surface area contributed by atoms with Crippen LogP contribution in [0.3, 0.4) is 0 Å². The minimum atomic E-state index is 0.0576. The molecule has 1 atom stereocenters. The van der Waals surface area contributed by atoms with E-state index >= 15 is 0 Å². The van der Waals surface area contributed by atoms with Crippen LogP contribution in [0, 0.1) is 0 Å². The molecule has 1 unspecified atom stereocenters. The Balaban J connectivity index is 2.13. The number of halogens is 1. The lowest BCUT2D eigenvalue weighted by molar-refractivity contribution is 0.858. The van der Waals surface area contributed by atoms with Crippen LogP contribution in [0.15, 0.2) is 12.4 Å². The number of hydrogen-bond donors (Lipinski definition) is 2. The summed E-state index contributed by atoms with van der Waals surface area (Å²) in [6.07, 6.45) is 4.52. The van der Waals surface area contributed by atoms with Gasteiger partial charge < -0.3 is 10.6 Å². The summed E-state index contributed by atoms with van der Waals surface area (Å²) in [5.74, 6) is 1.19. The fraction of sp³-hybridized carbons (Fsp3) is 0.462. The molecule has 0 aliphatic rings. The zero-order chi connectivity index (χ0) is 14.5. The molecule has 2 aromatic rings. The van der Waals surface area contributed by atoms with Crippen LogP contribution in [0.5, 0.6) is 0 Å². The monoisotopic (exact) mass is 311 g/mol. The fourth-order valence-electron chi connectivity index (χ4n) is 1.66. The molecule has 2 aromatic heterocycles. The van der Waals surface area contributed by atoms with Gasteiger partial charge in [-0.15, -0.1) is 11.3 Å². The molecule has 0 amide bonds. The molecule has 5 nitrogen and oxygen atoms in total. The standard InChI is InChI=1S/C13H18ClN5S/c1-4-9-6-16-12(20-9)8(3)18-11-10(14)7-17-13(19-11)15-5-2/h6-8H,4-5H2,1-3H3,(H2,15,17,18,19). The second kappa shape index (κ2) is 6.85. The van der Waals surface area contributed by atoms with E-state index in [0.29, 0.717) is 16.8 Å². The Kier molecular flexibility index (Phi) is 5.14. The van der Waals surface area contributed by atoms with Gasteiger partial charge in [0.1, 0.15) is 10.0 Å². The van der Waals surface area contributed by atoms with Crippen molar-refractivity contribution in [3.05, 3.63) is 27.3 Å². The predicted octanol–water partition coefficient (Wildman–Crippen LogP) is 3.75. The van der Waals surface area contributed by atoms with Crippen molar-refractivity contribution in [2.75, 3.05) is 17.2 Å². The first-order valence-corrected chi connectivity index (χ1v) is 7.81. The summed E-state index contributed by atoms with van der Waals surface area (Å²) >= 11 is 7.83. The van der Waals surface area contributed by atoms with E-state index < -0.39 is 0 Å². The second-order valence-electron chi connectivity index (χ2n) is 4.30.